The van der Waals surface area contributed by atoms with E-state index < -0.39 is 0 Å². The van der Waals surface area contributed by atoms with Gasteiger partial charge in [0, 0.05) is 19.7 Å². The lowest BCUT2D eigenvalue weighted by Crippen LogP contribution is -2.22. The Morgan fingerprint density at radius 3 is 2.29 bits per heavy atom. The van der Waals surface area contributed by atoms with Crippen LogP contribution in [0, 0.1) is 6.92 Å². The molecular formula is C14H21NO2. The highest BCUT2D eigenvalue weighted by Crippen LogP contribution is 2.29. The first-order chi connectivity index (χ1) is 7.88. The van der Waals surface area contributed by atoms with Crippen LogP contribution in [0.4, 0.5) is 0 Å². The molecule has 3 nitrogen and oxygen atoms in total. The number of carbonyl (C=O) groups is 1. The molecule has 0 heterocycles. The Labute approximate surface area is 103 Å². The minimum Gasteiger partial charge on any atom is -0.496 e. The monoisotopic (exact) mass is 235 g/mol. The van der Waals surface area contributed by atoms with Gasteiger partial charge in [-0.2, -0.15) is 0 Å². The fraction of sp³-hybridized carbons (Fsp3) is 0.500. The van der Waals surface area contributed by atoms with Gasteiger partial charge < -0.3 is 9.64 Å². The molecule has 1 aromatic carbocycles. The molecule has 0 spiro atoms. The van der Waals surface area contributed by atoms with Crippen molar-refractivity contribution in [2.24, 2.45) is 0 Å². The molecule has 1 amide bonds. The molecule has 0 unspecified atom stereocenters. The number of hydrogen-bond acceptors (Lipinski definition) is 2. The molecule has 0 aromatic heterocycles. The second-order valence-corrected chi connectivity index (χ2v) is 4.76. The first kappa shape index (κ1) is 13.6. The van der Waals surface area contributed by atoms with Crippen molar-refractivity contribution in [3.8, 4) is 5.75 Å². The SMILES string of the molecule is COc1cc(C)c(C(=O)N(C)C)cc1C(C)C. The summed E-state index contributed by atoms with van der Waals surface area (Å²) in [5, 5.41) is 0. The van der Waals surface area contributed by atoms with Crippen LogP contribution >= 0.6 is 0 Å². The number of nitrogens with zero attached hydrogens (tertiary/aromatic N) is 1. The molecule has 0 radical (unpaired) electrons. The number of carbonyl (C=O) groups excluding carboxylic acids is 1. The zero-order valence-corrected chi connectivity index (χ0v) is 11.5. The Morgan fingerprint density at radius 1 is 1.29 bits per heavy atom. The van der Waals surface area contributed by atoms with E-state index in [4.69, 9.17) is 4.74 Å². The number of benzene rings is 1. The molecule has 0 aliphatic carbocycles. The normalized spacial score (nSPS) is 10.5. The molecule has 0 aliphatic rings. The fourth-order valence-corrected chi connectivity index (χ4v) is 1.80. The number of amides is 1. The number of aryl methyl sites for hydroxylation is 1. The summed E-state index contributed by atoms with van der Waals surface area (Å²) in [7, 11) is 5.19. The van der Waals surface area contributed by atoms with Gasteiger partial charge in [-0.1, -0.05) is 13.8 Å². The summed E-state index contributed by atoms with van der Waals surface area (Å²) < 4.78 is 5.36. The fourth-order valence-electron chi connectivity index (χ4n) is 1.80. The smallest absolute Gasteiger partial charge is 0.253 e. The van der Waals surface area contributed by atoms with Gasteiger partial charge in [0.15, 0.2) is 0 Å². The molecule has 1 aromatic rings. The molecule has 3 heteroatoms. The molecular weight excluding hydrogens is 214 g/mol. The maximum atomic E-state index is 12.0. The van der Waals surface area contributed by atoms with Gasteiger partial charge in [0.1, 0.15) is 5.75 Å². The number of rotatable bonds is 3. The van der Waals surface area contributed by atoms with E-state index in [2.05, 4.69) is 13.8 Å². The van der Waals surface area contributed by atoms with Crippen molar-refractivity contribution in [1.82, 2.24) is 4.90 Å². The molecule has 94 valence electrons. The zero-order valence-electron chi connectivity index (χ0n) is 11.5. The third kappa shape index (κ3) is 2.78. The molecule has 0 bridgehead atoms. The highest BCUT2D eigenvalue weighted by Gasteiger charge is 2.16. The second kappa shape index (κ2) is 5.21. The average Bonchev–Trinajstić information content (AvgIpc) is 2.27. The van der Waals surface area contributed by atoms with Crippen LogP contribution < -0.4 is 4.74 Å². The third-order valence-electron chi connectivity index (χ3n) is 2.84. The molecule has 1 rings (SSSR count). The van der Waals surface area contributed by atoms with Crippen LogP contribution in [-0.4, -0.2) is 32.0 Å². The quantitative estimate of drug-likeness (QED) is 0.806. The maximum absolute atomic E-state index is 12.0. The van der Waals surface area contributed by atoms with Gasteiger partial charge in [0.2, 0.25) is 0 Å². The van der Waals surface area contributed by atoms with E-state index in [0.717, 1.165) is 22.4 Å². The minimum absolute atomic E-state index is 0.0343. The predicted octanol–water partition coefficient (Wildman–Crippen LogP) is 2.83. The Hall–Kier alpha value is -1.51. The van der Waals surface area contributed by atoms with Crippen molar-refractivity contribution < 1.29 is 9.53 Å². The Morgan fingerprint density at radius 2 is 1.88 bits per heavy atom. The first-order valence-electron chi connectivity index (χ1n) is 5.78. The van der Waals surface area contributed by atoms with E-state index in [0.29, 0.717) is 5.92 Å². The van der Waals surface area contributed by atoms with Crippen molar-refractivity contribution >= 4 is 5.91 Å². The number of hydrogen-bond donors (Lipinski definition) is 0. The summed E-state index contributed by atoms with van der Waals surface area (Å²) in [5.41, 5.74) is 2.77. The summed E-state index contributed by atoms with van der Waals surface area (Å²) >= 11 is 0. The number of methoxy groups -OCH3 is 1. The largest absolute Gasteiger partial charge is 0.496 e. The van der Waals surface area contributed by atoms with E-state index in [9.17, 15) is 4.79 Å². The molecule has 0 saturated heterocycles. The lowest BCUT2D eigenvalue weighted by atomic mass is 9.96. The lowest BCUT2D eigenvalue weighted by Gasteiger charge is -2.17. The maximum Gasteiger partial charge on any atom is 0.253 e. The van der Waals surface area contributed by atoms with E-state index in [1.54, 1.807) is 26.1 Å². The average molecular weight is 235 g/mol. The van der Waals surface area contributed by atoms with E-state index in [1.165, 1.54) is 0 Å². The van der Waals surface area contributed by atoms with Gasteiger partial charge in [-0.15, -0.1) is 0 Å². The molecule has 17 heavy (non-hydrogen) atoms. The molecule has 0 atom stereocenters. The second-order valence-electron chi connectivity index (χ2n) is 4.76. The standard InChI is InChI=1S/C14H21NO2/c1-9(2)11-8-12(14(16)15(4)5)10(3)7-13(11)17-6/h7-9H,1-6H3. The summed E-state index contributed by atoms with van der Waals surface area (Å²) in [5.74, 6) is 1.22. The van der Waals surface area contributed by atoms with Crippen LogP contribution in [0.25, 0.3) is 0 Å². The lowest BCUT2D eigenvalue weighted by molar-refractivity contribution is 0.0826. The highest BCUT2D eigenvalue weighted by molar-refractivity contribution is 5.95. The predicted molar refractivity (Wildman–Crippen MR) is 69.8 cm³/mol. The topological polar surface area (TPSA) is 29.5 Å². The van der Waals surface area contributed by atoms with Crippen molar-refractivity contribution in [2.45, 2.75) is 26.7 Å². The van der Waals surface area contributed by atoms with Crippen molar-refractivity contribution in [3.63, 3.8) is 0 Å². The van der Waals surface area contributed by atoms with Crippen LogP contribution in [-0.2, 0) is 0 Å². The first-order valence-corrected chi connectivity index (χ1v) is 5.78. The van der Waals surface area contributed by atoms with Crippen molar-refractivity contribution in [1.29, 1.82) is 0 Å². The van der Waals surface area contributed by atoms with Crippen molar-refractivity contribution in [2.75, 3.05) is 21.2 Å². The van der Waals surface area contributed by atoms with Gasteiger partial charge in [0.05, 0.1) is 7.11 Å². The zero-order chi connectivity index (χ0) is 13.2. The van der Waals surface area contributed by atoms with Gasteiger partial charge in [-0.3, -0.25) is 4.79 Å². The van der Waals surface area contributed by atoms with Gasteiger partial charge in [0.25, 0.3) is 5.91 Å². The van der Waals surface area contributed by atoms with Crippen LogP contribution in [0.1, 0.15) is 41.3 Å². The molecule has 0 saturated carbocycles. The van der Waals surface area contributed by atoms with E-state index in [1.807, 2.05) is 19.1 Å². The summed E-state index contributed by atoms with van der Waals surface area (Å²) in [6.07, 6.45) is 0. The van der Waals surface area contributed by atoms with Crippen molar-refractivity contribution in [3.05, 3.63) is 28.8 Å². The number of ether oxygens (including phenoxy) is 1. The van der Waals surface area contributed by atoms with Gasteiger partial charge in [-0.25, -0.2) is 0 Å². The van der Waals surface area contributed by atoms with Gasteiger partial charge in [-0.05, 0) is 36.1 Å². The molecule has 0 aliphatic heterocycles. The van der Waals surface area contributed by atoms with E-state index in [-0.39, 0.29) is 5.91 Å². The van der Waals surface area contributed by atoms with Crippen LogP contribution in [0.15, 0.2) is 12.1 Å². The van der Waals surface area contributed by atoms with Crippen LogP contribution in [0.3, 0.4) is 0 Å². The Kier molecular flexibility index (Phi) is 4.16. The van der Waals surface area contributed by atoms with E-state index >= 15 is 0 Å². The van der Waals surface area contributed by atoms with Gasteiger partial charge >= 0.3 is 0 Å². The molecule has 0 fully saturated rings. The molecule has 0 N–H and O–H groups in total. The van der Waals surface area contributed by atoms with Crippen LogP contribution in [0.5, 0.6) is 5.75 Å². The third-order valence-corrected chi connectivity index (χ3v) is 2.84. The highest BCUT2D eigenvalue weighted by atomic mass is 16.5. The van der Waals surface area contributed by atoms with Crippen LogP contribution in [0.2, 0.25) is 0 Å². The minimum atomic E-state index is 0.0343. The Bertz CT molecular complexity index is 422. The Balaban J connectivity index is 3.34. The summed E-state index contributed by atoms with van der Waals surface area (Å²) in [4.78, 5) is 13.6. The summed E-state index contributed by atoms with van der Waals surface area (Å²) in [6.45, 7) is 6.12. The summed E-state index contributed by atoms with van der Waals surface area (Å²) in [6, 6.07) is 3.88.